The smallest absolute Gasteiger partial charge is 0.335 e. The van der Waals surface area contributed by atoms with Gasteiger partial charge in [0, 0.05) is 6.07 Å². The van der Waals surface area contributed by atoms with Crippen LogP contribution in [0, 0.1) is 0 Å². The van der Waals surface area contributed by atoms with E-state index in [1.807, 2.05) is 0 Å². The van der Waals surface area contributed by atoms with E-state index in [1.165, 1.54) is 24.5 Å². The van der Waals surface area contributed by atoms with E-state index < -0.39 is 36.7 Å². The van der Waals surface area contributed by atoms with Gasteiger partial charge in [0.2, 0.25) is 6.29 Å². The second kappa shape index (κ2) is 8.60. The monoisotopic (exact) mass is 444 g/mol. The maximum Gasteiger partial charge on any atom is 0.335 e. The van der Waals surface area contributed by atoms with Gasteiger partial charge in [0.1, 0.15) is 41.7 Å². The van der Waals surface area contributed by atoms with E-state index in [2.05, 4.69) is 0 Å². The van der Waals surface area contributed by atoms with Crippen molar-refractivity contribution < 1.29 is 43.8 Å². The van der Waals surface area contributed by atoms with Crippen LogP contribution in [-0.2, 0) is 9.53 Å². The van der Waals surface area contributed by atoms with E-state index in [4.69, 9.17) is 23.7 Å². The van der Waals surface area contributed by atoms with Gasteiger partial charge >= 0.3 is 5.97 Å². The number of aliphatic hydroxyl groups is 3. The highest BCUT2D eigenvalue weighted by atomic mass is 16.7. The van der Waals surface area contributed by atoms with Gasteiger partial charge in [-0.1, -0.05) is 12.1 Å². The van der Waals surface area contributed by atoms with Crippen LogP contribution in [0.15, 0.2) is 57.9 Å². The first-order chi connectivity index (χ1) is 15.3. The Balaban J connectivity index is 1.61. The first-order valence-corrected chi connectivity index (χ1v) is 9.59. The first-order valence-electron chi connectivity index (χ1n) is 9.59. The molecule has 0 amide bonds. The highest BCUT2D eigenvalue weighted by molar-refractivity contribution is 5.82. The molecule has 3 aromatic rings. The number of carbonyl (C=O) groups is 1. The second-order valence-electron chi connectivity index (χ2n) is 7.22. The number of fused-ring (bicyclic) bond motifs is 1. The molecule has 1 saturated heterocycles. The summed E-state index contributed by atoms with van der Waals surface area (Å²) in [6.07, 6.45) is -7.38. The van der Waals surface area contributed by atoms with Crippen molar-refractivity contribution in [3.63, 3.8) is 0 Å². The fourth-order valence-electron chi connectivity index (χ4n) is 3.44. The minimum atomic E-state index is -1.83. The summed E-state index contributed by atoms with van der Waals surface area (Å²) in [6, 6.07) is 11.2. The summed E-state index contributed by atoms with van der Waals surface area (Å²) < 4.78 is 21.3. The van der Waals surface area contributed by atoms with Gasteiger partial charge in [-0.25, -0.2) is 4.79 Å². The van der Waals surface area contributed by atoms with E-state index in [-0.39, 0.29) is 22.1 Å². The third-order valence-corrected chi connectivity index (χ3v) is 5.21. The summed E-state index contributed by atoms with van der Waals surface area (Å²) in [6.45, 7) is 0. The molecule has 168 valence electrons. The molecule has 5 atom stereocenters. The summed E-state index contributed by atoms with van der Waals surface area (Å²) in [5, 5.41) is 39.1. The number of carboxylic acids is 1. The molecule has 10 heteroatoms. The lowest BCUT2D eigenvalue weighted by molar-refractivity contribution is -0.271. The third kappa shape index (κ3) is 3.92. The molecule has 0 radical (unpaired) electrons. The number of rotatable bonds is 5. The van der Waals surface area contributed by atoms with Crippen LogP contribution in [-0.4, -0.2) is 64.2 Å². The molecule has 0 unspecified atom stereocenters. The van der Waals surface area contributed by atoms with Gasteiger partial charge in [0.25, 0.3) is 0 Å². The average molecular weight is 444 g/mol. The van der Waals surface area contributed by atoms with E-state index in [0.717, 1.165) is 0 Å². The normalized spacial score (nSPS) is 25.4. The number of ether oxygens (including phenoxy) is 3. The molecule has 1 aliphatic heterocycles. The summed E-state index contributed by atoms with van der Waals surface area (Å²) >= 11 is 0. The zero-order valence-corrected chi connectivity index (χ0v) is 16.7. The highest BCUT2D eigenvalue weighted by Crippen LogP contribution is 2.28. The molecule has 4 rings (SSSR count). The van der Waals surface area contributed by atoms with Crippen LogP contribution in [0.2, 0.25) is 0 Å². The molecule has 10 nitrogen and oxygen atoms in total. The Hall–Kier alpha value is -3.44. The van der Waals surface area contributed by atoms with Gasteiger partial charge in [-0.05, 0) is 29.8 Å². The van der Waals surface area contributed by atoms with E-state index in [9.17, 15) is 24.9 Å². The number of hydrogen-bond donors (Lipinski definition) is 4. The third-order valence-electron chi connectivity index (χ3n) is 5.21. The number of benzene rings is 2. The van der Waals surface area contributed by atoms with Crippen molar-refractivity contribution in [3.05, 3.63) is 59.0 Å². The van der Waals surface area contributed by atoms with Crippen LogP contribution in [0.25, 0.3) is 22.1 Å². The topological polar surface area (TPSA) is 156 Å². The predicted molar refractivity (Wildman–Crippen MR) is 109 cm³/mol. The van der Waals surface area contributed by atoms with Gasteiger partial charge in [-0.2, -0.15) is 0 Å². The molecular weight excluding hydrogens is 424 g/mol. The first kappa shape index (κ1) is 21.8. The van der Waals surface area contributed by atoms with Gasteiger partial charge < -0.3 is 39.1 Å². The lowest BCUT2D eigenvalue weighted by atomic mass is 9.99. The van der Waals surface area contributed by atoms with Gasteiger partial charge in [-0.15, -0.1) is 0 Å². The van der Waals surface area contributed by atoms with Gasteiger partial charge in [-0.3, -0.25) is 4.79 Å². The van der Waals surface area contributed by atoms with Crippen molar-refractivity contribution in [1.29, 1.82) is 0 Å². The molecule has 1 aromatic heterocycles. The quantitative estimate of drug-likeness (QED) is 0.443. The summed E-state index contributed by atoms with van der Waals surface area (Å²) in [4.78, 5) is 24.1. The molecule has 0 aliphatic carbocycles. The standard InChI is InChI=1S/C22H20O10/c1-29-11-4-2-10(3-5-11)14-9-30-15-8-12(6-7-13(15)16(14)23)31-22-19(26)17(24)18(25)20(32-22)21(27)28/h2-9,17-20,22,24-26H,1H3,(H,27,28)/t17-,18-,19+,20-,22-/m0/s1. The Morgan fingerprint density at radius 2 is 1.66 bits per heavy atom. The van der Waals surface area contributed by atoms with Crippen molar-refractivity contribution >= 4 is 16.9 Å². The van der Waals surface area contributed by atoms with Crippen molar-refractivity contribution in [2.24, 2.45) is 0 Å². The number of carboxylic acid groups (broad SMARTS) is 1. The SMILES string of the molecule is COc1ccc(-c2coc3cc(O[C@H]4O[C@H](C(=O)O)[C@@H](O)[C@H](O)[C@H]4O)ccc3c2=O)cc1. The Labute approximate surface area is 180 Å². The Bertz CT molecular complexity index is 1190. The number of hydrogen-bond acceptors (Lipinski definition) is 9. The van der Waals surface area contributed by atoms with Crippen LogP contribution in [0.3, 0.4) is 0 Å². The summed E-state index contributed by atoms with van der Waals surface area (Å²) in [5.74, 6) is -0.780. The zero-order chi connectivity index (χ0) is 23.0. The predicted octanol–water partition coefficient (Wildman–Crippen LogP) is 0.740. The maximum atomic E-state index is 12.9. The summed E-state index contributed by atoms with van der Waals surface area (Å²) in [7, 11) is 1.54. The van der Waals surface area contributed by atoms with E-state index >= 15 is 0 Å². The molecule has 2 heterocycles. The van der Waals surface area contributed by atoms with Crippen molar-refractivity contribution in [2.45, 2.75) is 30.7 Å². The number of aliphatic hydroxyl groups excluding tert-OH is 3. The van der Waals surface area contributed by atoms with Crippen LogP contribution < -0.4 is 14.9 Å². The minimum absolute atomic E-state index is 0.0922. The number of methoxy groups -OCH3 is 1. The molecule has 32 heavy (non-hydrogen) atoms. The molecule has 0 bridgehead atoms. The lowest BCUT2D eigenvalue weighted by Crippen LogP contribution is -2.61. The molecule has 1 fully saturated rings. The lowest BCUT2D eigenvalue weighted by Gasteiger charge is -2.38. The fourth-order valence-corrected chi connectivity index (χ4v) is 3.44. The van der Waals surface area contributed by atoms with Crippen LogP contribution >= 0.6 is 0 Å². The van der Waals surface area contributed by atoms with Crippen LogP contribution in [0.1, 0.15) is 0 Å². The van der Waals surface area contributed by atoms with Gasteiger partial charge in [0.05, 0.1) is 18.1 Å². The van der Waals surface area contributed by atoms with Crippen molar-refractivity contribution in [2.75, 3.05) is 7.11 Å². The molecule has 4 N–H and O–H groups in total. The van der Waals surface area contributed by atoms with Crippen LogP contribution in [0.4, 0.5) is 0 Å². The average Bonchev–Trinajstić information content (AvgIpc) is 2.79. The molecule has 2 aromatic carbocycles. The summed E-state index contributed by atoms with van der Waals surface area (Å²) in [5.41, 5.74) is 0.904. The molecule has 0 spiro atoms. The van der Waals surface area contributed by atoms with Crippen molar-refractivity contribution in [1.82, 2.24) is 0 Å². The Kier molecular flexibility index (Phi) is 5.85. The minimum Gasteiger partial charge on any atom is -0.497 e. The van der Waals surface area contributed by atoms with Crippen molar-refractivity contribution in [3.8, 4) is 22.6 Å². The maximum absolute atomic E-state index is 12.9. The molecule has 1 aliphatic rings. The Morgan fingerprint density at radius 3 is 2.31 bits per heavy atom. The van der Waals surface area contributed by atoms with E-state index in [1.54, 1.807) is 31.4 Å². The molecule has 0 saturated carbocycles. The second-order valence-corrected chi connectivity index (χ2v) is 7.22. The van der Waals surface area contributed by atoms with E-state index in [0.29, 0.717) is 16.9 Å². The number of aliphatic carboxylic acids is 1. The Morgan fingerprint density at radius 1 is 0.969 bits per heavy atom. The van der Waals surface area contributed by atoms with Gasteiger partial charge in [0.15, 0.2) is 11.5 Å². The fraction of sp³-hybridized carbons (Fsp3) is 0.273. The largest absolute Gasteiger partial charge is 0.497 e. The van der Waals surface area contributed by atoms with Crippen LogP contribution in [0.5, 0.6) is 11.5 Å². The highest BCUT2D eigenvalue weighted by Gasteiger charge is 2.48. The zero-order valence-electron chi connectivity index (χ0n) is 16.7. The molecular formula is C22H20O10.